The SMILES string of the molecule is C=C/C(C/C=C\C(CC)CC(C)NC)=C(/CC)CCCC. The summed E-state index contributed by atoms with van der Waals surface area (Å²) in [5.74, 6) is 0.680. The average molecular weight is 292 g/mol. The largest absolute Gasteiger partial charge is 0.317 e. The van der Waals surface area contributed by atoms with Crippen LogP contribution in [0.3, 0.4) is 0 Å². The summed E-state index contributed by atoms with van der Waals surface area (Å²) in [7, 11) is 2.04. The highest BCUT2D eigenvalue weighted by Gasteiger charge is 2.07. The predicted octanol–water partition coefficient (Wildman–Crippen LogP) is 6.04. The molecule has 0 aliphatic rings. The van der Waals surface area contributed by atoms with E-state index in [4.69, 9.17) is 0 Å². The molecule has 0 saturated carbocycles. The van der Waals surface area contributed by atoms with Gasteiger partial charge in [-0.1, -0.05) is 57.6 Å². The van der Waals surface area contributed by atoms with E-state index in [9.17, 15) is 0 Å². The lowest BCUT2D eigenvalue weighted by Gasteiger charge is -2.16. The summed E-state index contributed by atoms with van der Waals surface area (Å²) < 4.78 is 0. The van der Waals surface area contributed by atoms with E-state index in [2.05, 4.69) is 57.8 Å². The molecule has 1 heteroatoms. The van der Waals surface area contributed by atoms with Crippen molar-refractivity contribution in [2.45, 2.75) is 78.7 Å². The molecule has 0 aliphatic heterocycles. The van der Waals surface area contributed by atoms with Crippen LogP contribution in [-0.4, -0.2) is 13.1 Å². The van der Waals surface area contributed by atoms with Crippen molar-refractivity contribution in [2.75, 3.05) is 7.05 Å². The number of rotatable bonds is 12. The Kier molecular flexibility index (Phi) is 12.4. The van der Waals surface area contributed by atoms with E-state index < -0.39 is 0 Å². The Morgan fingerprint density at radius 3 is 2.43 bits per heavy atom. The standard InChI is InChI=1S/C20H37N/c1-7-11-14-19(9-3)20(10-4)15-12-13-18(8-2)16-17(5)21-6/h10,12-13,17-18,21H,4,7-9,11,14-16H2,1-3,5-6H3/b13-12-,20-19+. The van der Waals surface area contributed by atoms with Crippen LogP contribution in [0.15, 0.2) is 36.0 Å². The Labute approximate surface area is 133 Å². The van der Waals surface area contributed by atoms with Gasteiger partial charge in [-0.3, -0.25) is 0 Å². The second kappa shape index (κ2) is 12.9. The van der Waals surface area contributed by atoms with Crippen molar-refractivity contribution in [2.24, 2.45) is 5.92 Å². The fourth-order valence-electron chi connectivity index (χ4n) is 2.67. The highest BCUT2D eigenvalue weighted by Crippen LogP contribution is 2.21. The lowest BCUT2D eigenvalue weighted by molar-refractivity contribution is 0.465. The van der Waals surface area contributed by atoms with Gasteiger partial charge in [0.25, 0.3) is 0 Å². The van der Waals surface area contributed by atoms with Gasteiger partial charge in [-0.25, -0.2) is 0 Å². The van der Waals surface area contributed by atoms with Crippen LogP contribution in [0.2, 0.25) is 0 Å². The third kappa shape index (κ3) is 8.93. The fourth-order valence-corrected chi connectivity index (χ4v) is 2.67. The lowest BCUT2D eigenvalue weighted by Crippen LogP contribution is -2.23. The van der Waals surface area contributed by atoms with E-state index in [1.165, 1.54) is 37.7 Å². The second-order valence-electron chi connectivity index (χ2n) is 6.02. The van der Waals surface area contributed by atoms with Gasteiger partial charge in [-0.15, -0.1) is 0 Å². The summed E-state index contributed by atoms with van der Waals surface area (Å²) in [6.07, 6.45) is 15.3. The Bertz CT molecular complexity index is 325. The summed E-state index contributed by atoms with van der Waals surface area (Å²) in [6.45, 7) is 13.1. The molecular formula is C20H37N. The molecule has 21 heavy (non-hydrogen) atoms. The number of hydrogen-bond acceptors (Lipinski definition) is 1. The average Bonchev–Trinajstić information content (AvgIpc) is 2.52. The molecule has 1 nitrogen and oxygen atoms in total. The van der Waals surface area contributed by atoms with Gasteiger partial charge >= 0.3 is 0 Å². The quantitative estimate of drug-likeness (QED) is 0.341. The molecule has 0 bridgehead atoms. The topological polar surface area (TPSA) is 12.0 Å². The molecule has 0 rings (SSSR count). The van der Waals surface area contributed by atoms with Crippen LogP contribution >= 0.6 is 0 Å². The maximum atomic E-state index is 4.02. The van der Waals surface area contributed by atoms with Crippen LogP contribution in [0.1, 0.15) is 72.6 Å². The zero-order valence-electron chi connectivity index (χ0n) is 15.0. The second-order valence-corrected chi connectivity index (χ2v) is 6.02. The zero-order chi connectivity index (χ0) is 16.1. The van der Waals surface area contributed by atoms with Crippen molar-refractivity contribution in [3.63, 3.8) is 0 Å². The smallest absolute Gasteiger partial charge is 0.00413 e. The van der Waals surface area contributed by atoms with Gasteiger partial charge in [0.2, 0.25) is 0 Å². The van der Waals surface area contributed by atoms with E-state index in [1.54, 1.807) is 5.57 Å². The Balaban J connectivity index is 4.63. The fraction of sp³-hybridized carbons (Fsp3) is 0.700. The third-order valence-corrected chi connectivity index (χ3v) is 4.38. The predicted molar refractivity (Wildman–Crippen MR) is 97.7 cm³/mol. The molecule has 1 N–H and O–H groups in total. The van der Waals surface area contributed by atoms with E-state index >= 15 is 0 Å². The molecule has 0 radical (unpaired) electrons. The number of unbranched alkanes of at least 4 members (excludes halogenated alkanes) is 1. The first-order valence-electron chi connectivity index (χ1n) is 8.79. The first kappa shape index (κ1) is 20.2. The van der Waals surface area contributed by atoms with Crippen molar-refractivity contribution in [3.05, 3.63) is 36.0 Å². The third-order valence-electron chi connectivity index (χ3n) is 4.38. The van der Waals surface area contributed by atoms with Crippen LogP contribution in [0.25, 0.3) is 0 Å². The number of allylic oxidation sites excluding steroid dienone is 5. The molecular weight excluding hydrogens is 254 g/mol. The summed E-state index contributed by atoms with van der Waals surface area (Å²) in [6, 6.07) is 0.588. The molecule has 0 amide bonds. The molecule has 2 atom stereocenters. The van der Waals surface area contributed by atoms with E-state index in [1.807, 2.05) is 7.05 Å². The summed E-state index contributed by atoms with van der Waals surface area (Å²) in [5.41, 5.74) is 3.03. The van der Waals surface area contributed by atoms with E-state index in [0.29, 0.717) is 12.0 Å². The van der Waals surface area contributed by atoms with Crippen LogP contribution in [-0.2, 0) is 0 Å². The normalized spacial score (nSPS) is 15.9. The van der Waals surface area contributed by atoms with Gasteiger partial charge in [0, 0.05) is 6.04 Å². The minimum atomic E-state index is 0.588. The highest BCUT2D eigenvalue weighted by atomic mass is 14.8. The monoisotopic (exact) mass is 291 g/mol. The van der Waals surface area contributed by atoms with Crippen LogP contribution < -0.4 is 5.32 Å². The van der Waals surface area contributed by atoms with Gasteiger partial charge in [-0.2, -0.15) is 0 Å². The van der Waals surface area contributed by atoms with Crippen molar-refractivity contribution in [1.82, 2.24) is 5.32 Å². The van der Waals surface area contributed by atoms with E-state index in [-0.39, 0.29) is 0 Å². The molecule has 0 aromatic carbocycles. The number of nitrogens with one attached hydrogen (secondary N) is 1. The molecule has 122 valence electrons. The van der Waals surface area contributed by atoms with Crippen LogP contribution in [0.5, 0.6) is 0 Å². The minimum Gasteiger partial charge on any atom is -0.317 e. The highest BCUT2D eigenvalue weighted by molar-refractivity contribution is 5.26. The van der Waals surface area contributed by atoms with Crippen molar-refractivity contribution < 1.29 is 0 Å². The van der Waals surface area contributed by atoms with E-state index in [0.717, 1.165) is 12.8 Å². The van der Waals surface area contributed by atoms with Crippen molar-refractivity contribution in [3.8, 4) is 0 Å². The summed E-state index contributed by atoms with van der Waals surface area (Å²) in [5, 5.41) is 3.33. The molecule has 0 aromatic heterocycles. The number of hydrogen-bond donors (Lipinski definition) is 1. The lowest BCUT2D eigenvalue weighted by atomic mass is 9.94. The molecule has 0 saturated heterocycles. The molecule has 0 fully saturated rings. The first-order chi connectivity index (χ1) is 10.1. The van der Waals surface area contributed by atoms with Gasteiger partial charge in [0.05, 0.1) is 0 Å². The Morgan fingerprint density at radius 1 is 1.24 bits per heavy atom. The van der Waals surface area contributed by atoms with Gasteiger partial charge in [0.15, 0.2) is 0 Å². The molecule has 2 unspecified atom stereocenters. The van der Waals surface area contributed by atoms with Crippen LogP contribution in [0.4, 0.5) is 0 Å². The summed E-state index contributed by atoms with van der Waals surface area (Å²) in [4.78, 5) is 0. The summed E-state index contributed by atoms with van der Waals surface area (Å²) >= 11 is 0. The Hall–Kier alpha value is -0.820. The minimum absolute atomic E-state index is 0.588. The Morgan fingerprint density at radius 2 is 1.95 bits per heavy atom. The van der Waals surface area contributed by atoms with Gasteiger partial charge in [0.1, 0.15) is 0 Å². The van der Waals surface area contributed by atoms with Crippen LogP contribution in [0, 0.1) is 5.92 Å². The van der Waals surface area contributed by atoms with Crippen molar-refractivity contribution >= 4 is 0 Å². The molecule has 0 spiro atoms. The van der Waals surface area contributed by atoms with Gasteiger partial charge in [-0.05, 0) is 64.0 Å². The molecule has 0 aromatic rings. The zero-order valence-corrected chi connectivity index (χ0v) is 15.0. The maximum absolute atomic E-state index is 4.02. The van der Waals surface area contributed by atoms with Gasteiger partial charge < -0.3 is 5.32 Å². The van der Waals surface area contributed by atoms with Crippen molar-refractivity contribution in [1.29, 1.82) is 0 Å². The molecule has 0 heterocycles. The maximum Gasteiger partial charge on any atom is 0.00413 e. The first-order valence-corrected chi connectivity index (χ1v) is 8.79. The molecule has 0 aliphatic carbocycles.